The van der Waals surface area contributed by atoms with Gasteiger partial charge in [-0.3, -0.25) is 9.78 Å². The summed E-state index contributed by atoms with van der Waals surface area (Å²) in [6, 6.07) is 4.01. The number of aliphatic carboxylic acids is 1. The van der Waals surface area contributed by atoms with E-state index in [1.54, 1.807) is 12.4 Å². The molecular formula is C13H18N2O2. The summed E-state index contributed by atoms with van der Waals surface area (Å²) in [6.07, 6.45) is 7.42. The van der Waals surface area contributed by atoms with Crippen LogP contribution in [0.5, 0.6) is 0 Å². The van der Waals surface area contributed by atoms with E-state index >= 15 is 0 Å². The molecule has 1 heterocycles. The Bertz CT molecular complexity index is 367. The van der Waals surface area contributed by atoms with Crippen molar-refractivity contribution in [2.75, 3.05) is 0 Å². The Morgan fingerprint density at radius 1 is 1.35 bits per heavy atom. The van der Waals surface area contributed by atoms with Crippen LogP contribution in [0.3, 0.4) is 0 Å². The highest BCUT2D eigenvalue weighted by atomic mass is 16.4. The van der Waals surface area contributed by atoms with Crippen LogP contribution in [0.4, 0.5) is 0 Å². The molecule has 0 radical (unpaired) electrons. The number of carboxylic acid groups (broad SMARTS) is 1. The average Bonchev–Trinajstić information content (AvgIpc) is 2.38. The molecule has 0 bridgehead atoms. The molecule has 0 aliphatic heterocycles. The van der Waals surface area contributed by atoms with Crippen LogP contribution in [0, 0.1) is 5.92 Å². The van der Waals surface area contributed by atoms with Crippen LogP contribution in [-0.4, -0.2) is 22.1 Å². The van der Waals surface area contributed by atoms with Gasteiger partial charge >= 0.3 is 5.97 Å². The van der Waals surface area contributed by atoms with Crippen molar-refractivity contribution in [1.29, 1.82) is 0 Å². The number of carbonyl (C=O) groups is 1. The predicted octanol–water partition coefficient (Wildman–Crippen LogP) is 1.81. The fourth-order valence-corrected chi connectivity index (χ4v) is 2.42. The molecule has 2 atom stereocenters. The molecule has 2 rings (SSSR count). The van der Waals surface area contributed by atoms with Crippen LogP contribution < -0.4 is 5.32 Å². The molecular weight excluding hydrogens is 216 g/mol. The van der Waals surface area contributed by atoms with Gasteiger partial charge in [0.1, 0.15) is 0 Å². The molecule has 1 aromatic heterocycles. The summed E-state index contributed by atoms with van der Waals surface area (Å²) in [4.78, 5) is 15.1. The summed E-state index contributed by atoms with van der Waals surface area (Å²) in [5.74, 6) is -0.900. The third-order valence-corrected chi connectivity index (χ3v) is 3.40. The SMILES string of the molecule is O=C(O)C1CCCCC1NCc1ccncc1. The Hall–Kier alpha value is -1.42. The van der Waals surface area contributed by atoms with Gasteiger partial charge in [-0.1, -0.05) is 12.8 Å². The van der Waals surface area contributed by atoms with Gasteiger partial charge < -0.3 is 10.4 Å². The number of nitrogens with zero attached hydrogens (tertiary/aromatic N) is 1. The Balaban J connectivity index is 1.90. The van der Waals surface area contributed by atoms with Gasteiger partial charge in [0.15, 0.2) is 0 Å². The second kappa shape index (κ2) is 5.77. The Kier molecular flexibility index (Phi) is 4.09. The monoisotopic (exact) mass is 234 g/mol. The summed E-state index contributed by atoms with van der Waals surface area (Å²) < 4.78 is 0. The molecule has 0 aromatic carbocycles. The van der Waals surface area contributed by atoms with Crippen molar-refractivity contribution in [3.05, 3.63) is 30.1 Å². The van der Waals surface area contributed by atoms with Gasteiger partial charge in [-0.25, -0.2) is 0 Å². The van der Waals surface area contributed by atoms with E-state index < -0.39 is 5.97 Å². The Labute approximate surface area is 101 Å². The van der Waals surface area contributed by atoms with Crippen molar-refractivity contribution < 1.29 is 9.90 Å². The zero-order valence-corrected chi connectivity index (χ0v) is 9.80. The number of nitrogens with one attached hydrogen (secondary N) is 1. The minimum absolute atomic E-state index is 0.106. The third-order valence-electron chi connectivity index (χ3n) is 3.40. The number of carboxylic acids is 1. The predicted molar refractivity (Wildman–Crippen MR) is 64.5 cm³/mol. The smallest absolute Gasteiger partial charge is 0.308 e. The molecule has 1 aliphatic rings. The maximum Gasteiger partial charge on any atom is 0.308 e. The van der Waals surface area contributed by atoms with Crippen LogP contribution >= 0.6 is 0 Å². The molecule has 0 spiro atoms. The van der Waals surface area contributed by atoms with Gasteiger partial charge in [-0.2, -0.15) is 0 Å². The molecule has 4 nitrogen and oxygen atoms in total. The maximum absolute atomic E-state index is 11.1. The highest BCUT2D eigenvalue weighted by Gasteiger charge is 2.30. The van der Waals surface area contributed by atoms with Gasteiger partial charge in [0, 0.05) is 25.0 Å². The summed E-state index contributed by atoms with van der Waals surface area (Å²) in [6.45, 7) is 0.719. The van der Waals surface area contributed by atoms with E-state index in [2.05, 4.69) is 10.3 Å². The van der Waals surface area contributed by atoms with Gasteiger partial charge in [-0.15, -0.1) is 0 Å². The fourth-order valence-electron chi connectivity index (χ4n) is 2.42. The first kappa shape index (κ1) is 12.0. The normalized spacial score (nSPS) is 24.5. The molecule has 0 saturated heterocycles. The largest absolute Gasteiger partial charge is 0.481 e. The fraction of sp³-hybridized carbons (Fsp3) is 0.538. The lowest BCUT2D eigenvalue weighted by molar-refractivity contribution is -0.143. The summed E-state index contributed by atoms with van der Waals surface area (Å²) in [5, 5.41) is 12.5. The van der Waals surface area contributed by atoms with Crippen LogP contribution in [0.15, 0.2) is 24.5 Å². The maximum atomic E-state index is 11.1. The summed E-state index contributed by atoms with van der Waals surface area (Å²) >= 11 is 0. The molecule has 92 valence electrons. The second-order valence-corrected chi connectivity index (χ2v) is 4.57. The molecule has 2 unspecified atom stereocenters. The van der Waals surface area contributed by atoms with Gasteiger partial charge in [-0.05, 0) is 30.5 Å². The van der Waals surface area contributed by atoms with Crippen LogP contribution in [0.25, 0.3) is 0 Å². The van der Waals surface area contributed by atoms with E-state index in [4.69, 9.17) is 5.11 Å². The molecule has 1 aromatic rings. The van der Waals surface area contributed by atoms with Gasteiger partial charge in [0.2, 0.25) is 0 Å². The number of aromatic nitrogens is 1. The van der Waals surface area contributed by atoms with Crippen LogP contribution in [-0.2, 0) is 11.3 Å². The van der Waals surface area contributed by atoms with E-state index in [1.165, 1.54) is 0 Å². The zero-order chi connectivity index (χ0) is 12.1. The molecule has 17 heavy (non-hydrogen) atoms. The van der Waals surface area contributed by atoms with Crippen molar-refractivity contribution in [3.8, 4) is 0 Å². The lowest BCUT2D eigenvalue weighted by Crippen LogP contribution is -2.41. The highest BCUT2D eigenvalue weighted by Crippen LogP contribution is 2.24. The lowest BCUT2D eigenvalue weighted by atomic mass is 9.84. The van der Waals surface area contributed by atoms with Crippen LogP contribution in [0.2, 0.25) is 0 Å². The first-order valence-electron chi connectivity index (χ1n) is 6.12. The first-order valence-corrected chi connectivity index (χ1v) is 6.12. The first-order chi connectivity index (χ1) is 8.27. The van der Waals surface area contributed by atoms with Crippen molar-refractivity contribution in [3.63, 3.8) is 0 Å². The van der Waals surface area contributed by atoms with E-state index in [0.717, 1.165) is 37.8 Å². The second-order valence-electron chi connectivity index (χ2n) is 4.57. The zero-order valence-electron chi connectivity index (χ0n) is 9.80. The molecule has 0 amide bonds. The minimum Gasteiger partial charge on any atom is -0.481 e. The third kappa shape index (κ3) is 3.27. The molecule has 4 heteroatoms. The van der Waals surface area contributed by atoms with Crippen LogP contribution in [0.1, 0.15) is 31.2 Å². The molecule has 2 N–H and O–H groups in total. The summed E-state index contributed by atoms with van der Waals surface area (Å²) in [5.41, 5.74) is 1.15. The van der Waals surface area contributed by atoms with E-state index in [0.29, 0.717) is 0 Å². The number of rotatable bonds is 4. The lowest BCUT2D eigenvalue weighted by Gasteiger charge is -2.29. The van der Waals surface area contributed by atoms with E-state index in [1.807, 2.05) is 12.1 Å². The van der Waals surface area contributed by atoms with Gasteiger partial charge in [0.05, 0.1) is 5.92 Å². The van der Waals surface area contributed by atoms with E-state index in [-0.39, 0.29) is 12.0 Å². The number of hydrogen-bond donors (Lipinski definition) is 2. The standard InChI is InChI=1S/C13H18N2O2/c16-13(17)11-3-1-2-4-12(11)15-9-10-5-7-14-8-6-10/h5-8,11-12,15H,1-4,9H2,(H,16,17). The van der Waals surface area contributed by atoms with Crippen molar-refractivity contribution in [1.82, 2.24) is 10.3 Å². The topological polar surface area (TPSA) is 62.2 Å². The Morgan fingerprint density at radius 2 is 2.06 bits per heavy atom. The Morgan fingerprint density at radius 3 is 2.76 bits per heavy atom. The minimum atomic E-state index is -0.670. The average molecular weight is 234 g/mol. The van der Waals surface area contributed by atoms with Gasteiger partial charge in [0.25, 0.3) is 0 Å². The number of hydrogen-bond acceptors (Lipinski definition) is 3. The van der Waals surface area contributed by atoms with Crippen molar-refractivity contribution >= 4 is 5.97 Å². The van der Waals surface area contributed by atoms with Crippen molar-refractivity contribution in [2.45, 2.75) is 38.3 Å². The quantitative estimate of drug-likeness (QED) is 0.834. The summed E-state index contributed by atoms with van der Waals surface area (Å²) in [7, 11) is 0. The highest BCUT2D eigenvalue weighted by molar-refractivity contribution is 5.71. The van der Waals surface area contributed by atoms with Crippen molar-refractivity contribution in [2.24, 2.45) is 5.92 Å². The molecule has 1 aliphatic carbocycles. The van der Waals surface area contributed by atoms with E-state index in [9.17, 15) is 4.79 Å². The number of pyridine rings is 1. The molecule has 1 saturated carbocycles. The molecule has 1 fully saturated rings.